The van der Waals surface area contributed by atoms with Crippen LogP contribution in [-0.2, 0) is 9.47 Å². The molecule has 0 radical (unpaired) electrons. The van der Waals surface area contributed by atoms with E-state index >= 15 is 0 Å². The zero-order valence-electron chi connectivity index (χ0n) is 18.0. The average Bonchev–Trinajstić information content (AvgIpc) is 3.11. The molecule has 0 spiro atoms. The molecule has 2 aromatic rings. The van der Waals surface area contributed by atoms with E-state index in [1.54, 1.807) is 25.3 Å². The fourth-order valence-electron chi connectivity index (χ4n) is 3.35. The number of rotatable bonds is 8. The van der Waals surface area contributed by atoms with Gasteiger partial charge in [0.2, 0.25) is 0 Å². The van der Waals surface area contributed by atoms with Gasteiger partial charge in [0.15, 0.2) is 0 Å². The highest BCUT2D eigenvalue weighted by molar-refractivity contribution is 5.84. The van der Waals surface area contributed by atoms with Crippen LogP contribution in [0.1, 0.15) is 31.9 Å². The van der Waals surface area contributed by atoms with Gasteiger partial charge >= 0.3 is 12.2 Å². The molecule has 0 bridgehead atoms. The first-order valence-electron chi connectivity index (χ1n) is 10.1. The second kappa shape index (κ2) is 9.65. The first-order chi connectivity index (χ1) is 14.4. The van der Waals surface area contributed by atoms with Crippen molar-refractivity contribution in [1.82, 2.24) is 14.8 Å². The van der Waals surface area contributed by atoms with E-state index in [4.69, 9.17) is 14.2 Å². The lowest BCUT2D eigenvalue weighted by atomic mass is 10.0. The molecule has 2 amide bonds. The zero-order chi connectivity index (χ0) is 21.7. The summed E-state index contributed by atoms with van der Waals surface area (Å²) < 4.78 is 16.2. The van der Waals surface area contributed by atoms with Crippen molar-refractivity contribution in [1.29, 1.82) is 0 Å². The number of hydrogen-bond acceptors (Lipinski definition) is 6. The van der Waals surface area contributed by atoms with Gasteiger partial charge in [-0.2, -0.15) is 0 Å². The highest BCUT2D eigenvalue weighted by Gasteiger charge is 2.33. The van der Waals surface area contributed by atoms with Crippen LogP contribution in [0.5, 0.6) is 5.75 Å². The van der Waals surface area contributed by atoms with Gasteiger partial charge in [0, 0.05) is 37.3 Å². The van der Waals surface area contributed by atoms with Crippen LogP contribution in [0.3, 0.4) is 0 Å². The molecule has 0 aliphatic carbocycles. The maximum atomic E-state index is 12.4. The Bertz CT molecular complexity index is 901. The number of carbonyl (C=O) groups is 2. The Morgan fingerprint density at radius 1 is 1.37 bits per heavy atom. The first-order valence-corrected chi connectivity index (χ1v) is 10.1. The number of ether oxygens (including phenoxy) is 3. The number of carbonyl (C=O) groups excluding carboxylic acids is 2. The lowest BCUT2D eigenvalue weighted by Crippen LogP contribution is -2.33. The number of amides is 2. The normalized spacial score (nSPS) is 16.1. The summed E-state index contributed by atoms with van der Waals surface area (Å²) in [5.41, 5.74) is 1.73. The van der Waals surface area contributed by atoms with Crippen molar-refractivity contribution in [2.24, 2.45) is 5.92 Å². The molecule has 1 aliphatic rings. The van der Waals surface area contributed by atoms with E-state index in [1.807, 2.05) is 38.1 Å². The van der Waals surface area contributed by atoms with Crippen LogP contribution in [0.25, 0.3) is 10.9 Å². The third kappa shape index (κ3) is 5.11. The van der Waals surface area contributed by atoms with Crippen LogP contribution in [0.15, 0.2) is 30.5 Å². The Morgan fingerprint density at radius 3 is 2.90 bits per heavy atom. The van der Waals surface area contributed by atoms with Crippen molar-refractivity contribution in [3.05, 3.63) is 36.0 Å². The number of benzene rings is 1. The minimum atomic E-state index is -0.371. The summed E-state index contributed by atoms with van der Waals surface area (Å²) in [6.45, 7) is 5.84. The summed E-state index contributed by atoms with van der Waals surface area (Å²) in [6.07, 6.45) is 1.29. The Balaban J connectivity index is 1.58. The molecule has 2 heterocycles. The van der Waals surface area contributed by atoms with Gasteiger partial charge in [0.25, 0.3) is 0 Å². The van der Waals surface area contributed by atoms with Gasteiger partial charge in [0.1, 0.15) is 11.9 Å². The smallest absolute Gasteiger partial charge is 0.410 e. The molecule has 0 saturated carbocycles. The maximum Gasteiger partial charge on any atom is 0.410 e. The highest BCUT2D eigenvalue weighted by atomic mass is 16.6. The second-order valence-electron chi connectivity index (χ2n) is 7.85. The summed E-state index contributed by atoms with van der Waals surface area (Å²) in [5.74, 6) is 1.02. The monoisotopic (exact) mass is 415 g/mol. The van der Waals surface area contributed by atoms with Crippen molar-refractivity contribution in [3.8, 4) is 5.75 Å². The molecule has 0 unspecified atom stereocenters. The molecule has 8 nitrogen and oxygen atoms in total. The Labute approximate surface area is 176 Å². The zero-order valence-corrected chi connectivity index (χ0v) is 18.0. The van der Waals surface area contributed by atoms with Crippen molar-refractivity contribution in [2.75, 3.05) is 40.4 Å². The molecule has 0 N–H and O–H groups in total. The topological polar surface area (TPSA) is 81.2 Å². The molecule has 3 rings (SSSR count). The molecule has 1 aliphatic heterocycles. The summed E-state index contributed by atoms with van der Waals surface area (Å²) >= 11 is 0. The molecular weight excluding hydrogens is 386 g/mol. The lowest BCUT2D eigenvalue weighted by Gasteiger charge is -2.19. The van der Waals surface area contributed by atoms with Crippen LogP contribution in [0, 0.1) is 5.92 Å². The van der Waals surface area contributed by atoms with Crippen molar-refractivity contribution >= 4 is 23.1 Å². The fraction of sp³-hybridized carbons (Fsp3) is 0.500. The van der Waals surface area contributed by atoms with E-state index in [0.717, 1.165) is 22.2 Å². The van der Waals surface area contributed by atoms with Crippen LogP contribution < -0.4 is 4.74 Å². The number of methoxy groups -OCH3 is 1. The van der Waals surface area contributed by atoms with Crippen molar-refractivity contribution < 1.29 is 23.8 Å². The van der Waals surface area contributed by atoms with Crippen LogP contribution >= 0.6 is 0 Å². The van der Waals surface area contributed by atoms with Crippen LogP contribution in [0.2, 0.25) is 0 Å². The van der Waals surface area contributed by atoms with Gasteiger partial charge in [-0.1, -0.05) is 13.8 Å². The number of pyridine rings is 1. The third-order valence-electron chi connectivity index (χ3n) is 4.99. The predicted molar refractivity (Wildman–Crippen MR) is 113 cm³/mol. The van der Waals surface area contributed by atoms with E-state index in [2.05, 4.69) is 4.98 Å². The summed E-state index contributed by atoms with van der Waals surface area (Å²) in [7, 11) is 3.31. The van der Waals surface area contributed by atoms with E-state index in [0.29, 0.717) is 38.6 Å². The molecule has 162 valence electrons. The number of fused-ring (bicyclic) bond motifs is 1. The molecule has 1 aromatic carbocycles. The van der Waals surface area contributed by atoms with Gasteiger partial charge in [0.05, 0.1) is 25.8 Å². The van der Waals surface area contributed by atoms with Gasteiger partial charge in [-0.15, -0.1) is 0 Å². The quantitative estimate of drug-likeness (QED) is 0.651. The Kier molecular flexibility index (Phi) is 6.97. The number of nitrogens with zero attached hydrogens (tertiary/aromatic N) is 3. The Hall–Kier alpha value is -3.03. The second-order valence-corrected chi connectivity index (χ2v) is 7.85. The van der Waals surface area contributed by atoms with E-state index in [9.17, 15) is 9.59 Å². The standard InChI is InChI=1S/C22H29N3O5/c1-15(2)14-29-21(26)24(3)10-5-11-25-13-20(30-22(25)27)17-8-9-23-19-7-6-16(28-4)12-18(17)19/h6-9,12,15,20H,5,10-11,13-14H2,1-4H3/t20-/m0/s1. The highest BCUT2D eigenvalue weighted by Crippen LogP contribution is 2.32. The van der Waals surface area contributed by atoms with Crippen molar-refractivity contribution in [2.45, 2.75) is 26.4 Å². The molecule has 30 heavy (non-hydrogen) atoms. The first kappa shape index (κ1) is 21.7. The molecule has 1 atom stereocenters. The van der Waals surface area contributed by atoms with E-state index in [1.165, 1.54) is 4.90 Å². The van der Waals surface area contributed by atoms with E-state index in [-0.39, 0.29) is 18.3 Å². The molecule has 1 saturated heterocycles. The number of hydrogen-bond donors (Lipinski definition) is 0. The van der Waals surface area contributed by atoms with Crippen LogP contribution in [0.4, 0.5) is 9.59 Å². The lowest BCUT2D eigenvalue weighted by molar-refractivity contribution is 0.0988. The summed E-state index contributed by atoms with van der Waals surface area (Å²) in [6, 6.07) is 7.53. The minimum Gasteiger partial charge on any atom is -0.497 e. The maximum absolute atomic E-state index is 12.4. The van der Waals surface area contributed by atoms with Gasteiger partial charge < -0.3 is 24.0 Å². The van der Waals surface area contributed by atoms with Crippen molar-refractivity contribution in [3.63, 3.8) is 0 Å². The predicted octanol–water partition coefficient (Wildman–Crippen LogP) is 3.85. The Morgan fingerprint density at radius 2 is 2.17 bits per heavy atom. The molecule has 1 fully saturated rings. The molecule has 8 heteroatoms. The summed E-state index contributed by atoms with van der Waals surface area (Å²) in [5, 5.41) is 0.907. The third-order valence-corrected chi connectivity index (χ3v) is 4.99. The largest absolute Gasteiger partial charge is 0.497 e. The van der Waals surface area contributed by atoms with Gasteiger partial charge in [-0.25, -0.2) is 9.59 Å². The molecular formula is C22H29N3O5. The fourth-order valence-corrected chi connectivity index (χ4v) is 3.35. The van der Waals surface area contributed by atoms with Gasteiger partial charge in [-0.3, -0.25) is 4.98 Å². The van der Waals surface area contributed by atoms with Crippen LogP contribution in [-0.4, -0.2) is 67.4 Å². The van der Waals surface area contributed by atoms with E-state index < -0.39 is 0 Å². The molecule has 1 aromatic heterocycles. The SMILES string of the molecule is COc1ccc2nccc([C@@H]3CN(CCCN(C)C(=O)OCC(C)C)C(=O)O3)c2c1. The minimum absolute atomic E-state index is 0.294. The summed E-state index contributed by atoms with van der Waals surface area (Å²) in [4.78, 5) is 31.9. The average molecular weight is 415 g/mol. The van der Waals surface area contributed by atoms with Gasteiger partial charge in [-0.05, 0) is 36.6 Å². The number of cyclic esters (lactones) is 1. The number of aromatic nitrogens is 1.